The van der Waals surface area contributed by atoms with Crippen molar-refractivity contribution in [2.24, 2.45) is 0 Å². The van der Waals surface area contributed by atoms with E-state index in [1.165, 1.54) is 12.1 Å². The number of hydrogen-bond acceptors (Lipinski definition) is 4. The average molecular weight is 310 g/mol. The van der Waals surface area contributed by atoms with Crippen LogP contribution in [0.3, 0.4) is 0 Å². The first-order valence-corrected chi connectivity index (χ1v) is 5.97. The molecule has 0 aliphatic heterocycles. The van der Waals surface area contributed by atoms with Crippen molar-refractivity contribution in [3.8, 4) is 0 Å². The molecule has 0 aliphatic rings. The number of carboxylic acid groups (broad SMARTS) is 2. The van der Waals surface area contributed by atoms with Crippen LogP contribution < -0.4 is 10.2 Å². The standard InChI is InChI=1S/2C8H8O2.Ca/c2*1-6-4-2-3-5-7(6)8(9)10;/h2*2-5H,1H3,(H,9,10);/q;;+2/p-2. The molecular weight excluding hydrogens is 296 g/mol. The molecule has 0 atom stereocenters. The smallest absolute Gasteiger partial charge is 0.545 e. The van der Waals surface area contributed by atoms with E-state index < -0.39 is 11.9 Å². The van der Waals surface area contributed by atoms with Gasteiger partial charge in [0.15, 0.2) is 0 Å². The van der Waals surface area contributed by atoms with E-state index >= 15 is 0 Å². The van der Waals surface area contributed by atoms with Gasteiger partial charge in [-0.2, -0.15) is 0 Å². The number of hydrogen-bond donors (Lipinski definition) is 0. The van der Waals surface area contributed by atoms with Crippen LogP contribution in [-0.4, -0.2) is 49.7 Å². The molecule has 0 N–H and O–H groups in total. The second kappa shape index (κ2) is 9.55. The number of carbonyl (C=O) groups is 2. The molecule has 0 unspecified atom stereocenters. The molecule has 0 spiro atoms. The van der Waals surface area contributed by atoms with Gasteiger partial charge in [0, 0.05) is 11.1 Å². The largest absolute Gasteiger partial charge is 2.00 e. The molecule has 21 heavy (non-hydrogen) atoms. The Morgan fingerprint density at radius 3 is 1.19 bits per heavy atom. The Balaban J connectivity index is 0.000000364. The second-order valence-electron chi connectivity index (χ2n) is 4.20. The minimum Gasteiger partial charge on any atom is -0.545 e. The van der Waals surface area contributed by atoms with Crippen molar-refractivity contribution in [2.75, 3.05) is 0 Å². The third kappa shape index (κ3) is 6.29. The Kier molecular flexibility index (Phi) is 8.93. The predicted octanol–water partition coefficient (Wildman–Crippen LogP) is 0.336. The minimum absolute atomic E-state index is 0. The summed E-state index contributed by atoms with van der Waals surface area (Å²) in [5.41, 5.74) is 2.01. The molecule has 0 saturated carbocycles. The number of benzene rings is 2. The summed E-state index contributed by atoms with van der Waals surface area (Å²) in [5.74, 6) is -2.23. The Morgan fingerprint density at radius 2 is 1.00 bits per heavy atom. The van der Waals surface area contributed by atoms with Crippen molar-refractivity contribution in [1.29, 1.82) is 0 Å². The van der Waals surface area contributed by atoms with E-state index in [2.05, 4.69) is 0 Å². The minimum atomic E-state index is -1.11. The van der Waals surface area contributed by atoms with Crippen molar-refractivity contribution >= 4 is 49.7 Å². The molecule has 5 heteroatoms. The molecule has 4 nitrogen and oxygen atoms in total. The maximum Gasteiger partial charge on any atom is 2.00 e. The Hall–Kier alpha value is -1.36. The van der Waals surface area contributed by atoms with Crippen LogP contribution in [-0.2, 0) is 0 Å². The summed E-state index contributed by atoms with van der Waals surface area (Å²) in [7, 11) is 0. The molecule has 2 aromatic rings. The summed E-state index contributed by atoms with van der Waals surface area (Å²) in [6.45, 7) is 3.48. The van der Waals surface area contributed by atoms with Crippen molar-refractivity contribution in [2.45, 2.75) is 13.8 Å². The van der Waals surface area contributed by atoms with Gasteiger partial charge in [0.1, 0.15) is 0 Å². The Labute approximate surface area is 153 Å². The molecule has 0 heterocycles. The number of aryl methyl sites for hydroxylation is 2. The van der Waals surface area contributed by atoms with Gasteiger partial charge in [0.05, 0.1) is 11.9 Å². The Bertz CT molecular complexity index is 568. The van der Waals surface area contributed by atoms with Crippen molar-refractivity contribution in [3.63, 3.8) is 0 Å². The normalized spacial score (nSPS) is 8.86. The van der Waals surface area contributed by atoms with Crippen LogP contribution in [0.1, 0.15) is 31.8 Å². The van der Waals surface area contributed by atoms with Gasteiger partial charge in [-0.3, -0.25) is 0 Å². The topological polar surface area (TPSA) is 80.3 Å². The fourth-order valence-corrected chi connectivity index (χ4v) is 1.60. The molecular formula is C16H14CaO4. The predicted molar refractivity (Wildman–Crippen MR) is 76.8 cm³/mol. The molecule has 0 aromatic heterocycles. The van der Waals surface area contributed by atoms with Gasteiger partial charge in [-0.15, -0.1) is 0 Å². The second-order valence-corrected chi connectivity index (χ2v) is 4.20. The van der Waals surface area contributed by atoms with E-state index in [1.807, 2.05) is 0 Å². The summed E-state index contributed by atoms with van der Waals surface area (Å²) >= 11 is 0. The van der Waals surface area contributed by atoms with Crippen LogP contribution in [0.25, 0.3) is 0 Å². The quantitative estimate of drug-likeness (QED) is 0.749. The maximum atomic E-state index is 10.3. The van der Waals surface area contributed by atoms with E-state index in [-0.39, 0.29) is 48.9 Å². The van der Waals surface area contributed by atoms with E-state index in [0.717, 1.165) is 11.1 Å². The third-order valence-corrected chi connectivity index (χ3v) is 2.73. The average Bonchev–Trinajstić information content (AvgIpc) is 2.40. The van der Waals surface area contributed by atoms with Crippen LogP contribution in [0.5, 0.6) is 0 Å². The van der Waals surface area contributed by atoms with Gasteiger partial charge in [-0.25, -0.2) is 0 Å². The summed E-state index contributed by atoms with van der Waals surface area (Å²) in [4.78, 5) is 20.6. The zero-order chi connectivity index (χ0) is 15.1. The van der Waals surface area contributed by atoms with Gasteiger partial charge in [-0.05, 0) is 25.0 Å². The van der Waals surface area contributed by atoms with Gasteiger partial charge < -0.3 is 19.8 Å². The number of aromatic carboxylic acids is 2. The molecule has 0 saturated heterocycles. The molecule has 0 bridgehead atoms. The first kappa shape index (κ1) is 19.6. The van der Waals surface area contributed by atoms with Crippen LogP contribution in [0.15, 0.2) is 48.5 Å². The van der Waals surface area contributed by atoms with E-state index in [1.54, 1.807) is 50.2 Å². The van der Waals surface area contributed by atoms with Crippen LogP contribution >= 0.6 is 0 Å². The number of rotatable bonds is 2. The Morgan fingerprint density at radius 1 is 0.714 bits per heavy atom. The molecule has 104 valence electrons. The first-order valence-electron chi connectivity index (χ1n) is 5.97. The van der Waals surface area contributed by atoms with E-state index in [4.69, 9.17) is 0 Å². The summed E-state index contributed by atoms with van der Waals surface area (Å²) in [6.07, 6.45) is 0. The molecule has 0 fully saturated rings. The molecule has 2 rings (SSSR count). The van der Waals surface area contributed by atoms with Crippen LogP contribution in [0.2, 0.25) is 0 Å². The van der Waals surface area contributed by atoms with Crippen LogP contribution in [0.4, 0.5) is 0 Å². The van der Waals surface area contributed by atoms with Gasteiger partial charge in [0.2, 0.25) is 0 Å². The molecule has 0 radical (unpaired) electrons. The van der Waals surface area contributed by atoms with Gasteiger partial charge >= 0.3 is 37.7 Å². The third-order valence-electron chi connectivity index (χ3n) is 2.73. The molecule has 2 aromatic carbocycles. The zero-order valence-corrected chi connectivity index (χ0v) is 14.2. The fraction of sp³-hybridized carbons (Fsp3) is 0.125. The van der Waals surface area contributed by atoms with E-state index in [9.17, 15) is 19.8 Å². The summed E-state index contributed by atoms with van der Waals surface area (Å²) < 4.78 is 0. The first-order chi connectivity index (χ1) is 9.43. The monoisotopic (exact) mass is 310 g/mol. The molecule has 0 aliphatic carbocycles. The van der Waals surface area contributed by atoms with Crippen molar-refractivity contribution < 1.29 is 19.8 Å². The number of carbonyl (C=O) groups excluding carboxylic acids is 2. The summed E-state index contributed by atoms with van der Waals surface area (Å²) in [6, 6.07) is 13.5. The van der Waals surface area contributed by atoms with Crippen molar-refractivity contribution in [1.82, 2.24) is 0 Å². The summed E-state index contributed by atoms with van der Waals surface area (Å²) in [5, 5.41) is 20.6. The SMILES string of the molecule is Cc1ccccc1C(=O)[O-].Cc1ccccc1C(=O)[O-].[Ca+2]. The van der Waals surface area contributed by atoms with Crippen molar-refractivity contribution in [3.05, 3.63) is 70.8 Å². The fourth-order valence-electron chi connectivity index (χ4n) is 1.60. The number of carboxylic acids is 2. The van der Waals surface area contributed by atoms with E-state index in [0.29, 0.717) is 0 Å². The maximum absolute atomic E-state index is 10.3. The molecule has 0 amide bonds. The van der Waals surface area contributed by atoms with Gasteiger partial charge in [-0.1, -0.05) is 48.5 Å². The van der Waals surface area contributed by atoms with Gasteiger partial charge in [0.25, 0.3) is 0 Å². The van der Waals surface area contributed by atoms with Crippen LogP contribution in [0, 0.1) is 13.8 Å². The zero-order valence-electron chi connectivity index (χ0n) is 12.0.